The Morgan fingerprint density at radius 3 is 2.31 bits per heavy atom. The lowest BCUT2D eigenvalue weighted by Gasteiger charge is -2.14. The number of hydrogen-bond donors (Lipinski definition) is 4. The maximum absolute atomic E-state index is 13.1. The molecule has 4 rings (SSSR count). The van der Waals surface area contributed by atoms with Gasteiger partial charge in [-0.15, -0.1) is 0 Å². The first-order valence-corrected chi connectivity index (χ1v) is 12.3. The van der Waals surface area contributed by atoms with E-state index < -0.39 is 28.5 Å². The van der Waals surface area contributed by atoms with Crippen LogP contribution in [0.15, 0.2) is 66.9 Å². The van der Waals surface area contributed by atoms with E-state index in [4.69, 9.17) is 0 Å². The Kier molecular flexibility index (Phi) is 8.36. The van der Waals surface area contributed by atoms with E-state index in [0.717, 1.165) is 18.2 Å². The largest absolute Gasteiger partial charge is 0.416 e. The smallest absolute Gasteiger partial charge is 0.372 e. The van der Waals surface area contributed by atoms with Crippen molar-refractivity contribution in [1.29, 1.82) is 0 Å². The average Bonchev–Trinajstić information content (AvgIpc) is 2.95. The summed E-state index contributed by atoms with van der Waals surface area (Å²) in [5.41, 5.74) is 0.934. The highest BCUT2D eigenvalue weighted by atomic mass is 19.4. The number of aromatic nitrogens is 2. The number of amides is 2. The molecule has 0 aliphatic rings. The van der Waals surface area contributed by atoms with Crippen molar-refractivity contribution in [2.75, 3.05) is 28.3 Å². The van der Waals surface area contributed by atoms with E-state index in [-0.39, 0.29) is 34.3 Å². The van der Waals surface area contributed by atoms with Crippen LogP contribution >= 0.6 is 0 Å². The van der Waals surface area contributed by atoms with Crippen LogP contribution in [0.25, 0.3) is 0 Å². The highest BCUT2D eigenvalue weighted by molar-refractivity contribution is 6.08. The number of nitrogens with zero attached hydrogens (tertiary/aromatic N) is 3. The fourth-order valence-electron chi connectivity index (χ4n) is 3.88. The number of nitrogens with one attached hydrogen (secondary N) is 4. The summed E-state index contributed by atoms with van der Waals surface area (Å²) in [7, 11) is 1.55. The Hall–Kier alpha value is -5.53. The quantitative estimate of drug-likeness (QED) is 0.140. The third-order valence-corrected chi connectivity index (χ3v) is 6.13. The van der Waals surface area contributed by atoms with Gasteiger partial charge in [-0.3, -0.25) is 19.7 Å². The van der Waals surface area contributed by atoms with Gasteiger partial charge < -0.3 is 21.3 Å². The molecule has 2 amide bonds. The molecule has 14 heteroatoms. The molecule has 0 unspecified atom stereocenters. The maximum Gasteiger partial charge on any atom is 0.416 e. The van der Waals surface area contributed by atoms with Crippen LogP contribution in [0.4, 0.5) is 47.7 Å². The fraction of sp³-hybridized carbons (Fsp3) is 0.143. The van der Waals surface area contributed by atoms with Crippen LogP contribution in [-0.4, -0.2) is 33.8 Å². The number of nitro groups is 1. The minimum Gasteiger partial charge on any atom is -0.372 e. The first-order chi connectivity index (χ1) is 19.8. The summed E-state index contributed by atoms with van der Waals surface area (Å²) >= 11 is 0. The van der Waals surface area contributed by atoms with Gasteiger partial charge in [-0.1, -0.05) is 18.2 Å². The third-order valence-electron chi connectivity index (χ3n) is 6.13. The van der Waals surface area contributed by atoms with Crippen LogP contribution in [0.1, 0.15) is 37.4 Å². The summed E-state index contributed by atoms with van der Waals surface area (Å²) in [6.45, 7) is 3.31. The Balaban J connectivity index is 1.50. The lowest BCUT2D eigenvalue weighted by molar-refractivity contribution is -0.385. The van der Waals surface area contributed by atoms with E-state index in [0.29, 0.717) is 22.5 Å². The number of halogens is 3. The van der Waals surface area contributed by atoms with Crippen molar-refractivity contribution in [1.82, 2.24) is 9.97 Å². The Morgan fingerprint density at radius 2 is 1.62 bits per heavy atom. The zero-order valence-electron chi connectivity index (χ0n) is 22.5. The zero-order chi connectivity index (χ0) is 30.6. The number of hydrogen-bond acceptors (Lipinski definition) is 8. The molecule has 0 bridgehead atoms. The standard InChI is InChI=1S/C28H24F3N7O4/c1-15-7-9-19(12-22(15)36-25(39)17-5-4-6-18(11-17)28(29,30)31)34-26(40)21-14-33-27(37-24(21)32-3)35-20-10-8-16(2)23(13-20)38(41)42/h4-14H,1-3H3,(H,34,40)(H,36,39)(H2,32,33,35,37). The molecule has 1 heterocycles. The van der Waals surface area contributed by atoms with Gasteiger partial charge in [0.2, 0.25) is 5.95 Å². The number of benzene rings is 3. The molecule has 0 aliphatic heterocycles. The molecule has 0 spiro atoms. The van der Waals surface area contributed by atoms with E-state index in [1.807, 2.05) is 0 Å². The van der Waals surface area contributed by atoms with Gasteiger partial charge in [-0.2, -0.15) is 18.2 Å². The van der Waals surface area contributed by atoms with Crippen molar-refractivity contribution in [3.8, 4) is 0 Å². The molecule has 0 fully saturated rings. The summed E-state index contributed by atoms with van der Waals surface area (Å²) in [5.74, 6) is -1.09. The van der Waals surface area contributed by atoms with E-state index >= 15 is 0 Å². The van der Waals surface area contributed by atoms with Gasteiger partial charge in [-0.05, 0) is 55.8 Å². The number of rotatable bonds is 8. The number of alkyl halides is 3. The molecule has 1 aromatic heterocycles. The number of aryl methyl sites for hydroxylation is 2. The SMILES string of the molecule is CNc1nc(Nc2ccc(C)c([N+](=O)[O-])c2)ncc1C(=O)Nc1ccc(C)c(NC(=O)c2cccc(C(F)(F)F)c2)c1. The summed E-state index contributed by atoms with van der Waals surface area (Å²) < 4.78 is 39.2. The topological polar surface area (TPSA) is 151 Å². The number of nitro benzene ring substituents is 1. The van der Waals surface area contributed by atoms with Crippen molar-refractivity contribution in [2.45, 2.75) is 20.0 Å². The minimum atomic E-state index is -4.60. The monoisotopic (exact) mass is 579 g/mol. The summed E-state index contributed by atoms with van der Waals surface area (Å²) in [4.78, 5) is 44.9. The lowest BCUT2D eigenvalue weighted by atomic mass is 10.1. The maximum atomic E-state index is 13.1. The molecule has 216 valence electrons. The van der Waals surface area contributed by atoms with Gasteiger partial charge in [0.1, 0.15) is 11.4 Å². The Labute approximate surface area is 237 Å². The molecule has 3 aromatic carbocycles. The van der Waals surface area contributed by atoms with E-state index in [1.54, 1.807) is 45.2 Å². The van der Waals surface area contributed by atoms with Crippen LogP contribution < -0.4 is 21.3 Å². The summed E-state index contributed by atoms with van der Waals surface area (Å²) in [6.07, 6.45) is -3.33. The predicted molar refractivity (Wildman–Crippen MR) is 151 cm³/mol. The molecule has 0 atom stereocenters. The Bertz CT molecular complexity index is 1690. The predicted octanol–water partition coefficient (Wildman–Crippen LogP) is 6.31. The van der Waals surface area contributed by atoms with Crippen molar-refractivity contribution in [2.24, 2.45) is 0 Å². The highest BCUT2D eigenvalue weighted by Gasteiger charge is 2.31. The summed E-state index contributed by atoms with van der Waals surface area (Å²) in [5, 5.41) is 22.2. The normalized spacial score (nSPS) is 11.0. The van der Waals surface area contributed by atoms with Gasteiger partial charge in [0.25, 0.3) is 17.5 Å². The van der Waals surface area contributed by atoms with Crippen molar-refractivity contribution in [3.05, 3.63) is 105 Å². The number of carbonyl (C=O) groups excluding carboxylic acids is 2. The van der Waals surface area contributed by atoms with E-state index in [1.165, 1.54) is 24.4 Å². The second-order valence-corrected chi connectivity index (χ2v) is 9.11. The van der Waals surface area contributed by atoms with Crippen LogP contribution in [0.3, 0.4) is 0 Å². The van der Waals surface area contributed by atoms with Crippen LogP contribution in [0, 0.1) is 24.0 Å². The molecule has 0 radical (unpaired) electrons. The summed E-state index contributed by atoms with van der Waals surface area (Å²) in [6, 6.07) is 13.3. The second kappa shape index (κ2) is 11.9. The van der Waals surface area contributed by atoms with Crippen LogP contribution in [0.2, 0.25) is 0 Å². The van der Waals surface area contributed by atoms with Gasteiger partial charge in [-0.25, -0.2) is 4.98 Å². The third kappa shape index (κ3) is 6.78. The van der Waals surface area contributed by atoms with E-state index in [2.05, 4.69) is 31.2 Å². The zero-order valence-corrected chi connectivity index (χ0v) is 22.5. The molecule has 11 nitrogen and oxygen atoms in total. The molecule has 0 saturated heterocycles. The molecule has 42 heavy (non-hydrogen) atoms. The molecule has 4 N–H and O–H groups in total. The fourth-order valence-corrected chi connectivity index (χ4v) is 3.88. The average molecular weight is 580 g/mol. The van der Waals surface area contributed by atoms with E-state index in [9.17, 15) is 32.9 Å². The lowest BCUT2D eigenvalue weighted by Crippen LogP contribution is -2.17. The first-order valence-electron chi connectivity index (χ1n) is 12.3. The number of carbonyl (C=O) groups is 2. The molecule has 0 aliphatic carbocycles. The van der Waals surface area contributed by atoms with Gasteiger partial charge in [0.05, 0.1) is 10.5 Å². The van der Waals surface area contributed by atoms with Gasteiger partial charge in [0, 0.05) is 47.5 Å². The van der Waals surface area contributed by atoms with Crippen molar-refractivity contribution >= 4 is 46.3 Å². The molecule has 0 saturated carbocycles. The minimum absolute atomic E-state index is 0.0756. The molecular weight excluding hydrogens is 555 g/mol. The number of anilines is 5. The first kappa shape index (κ1) is 29.5. The van der Waals surface area contributed by atoms with Crippen molar-refractivity contribution < 1.29 is 27.7 Å². The Morgan fingerprint density at radius 1 is 0.905 bits per heavy atom. The van der Waals surface area contributed by atoms with Gasteiger partial charge >= 0.3 is 6.18 Å². The second-order valence-electron chi connectivity index (χ2n) is 9.11. The highest BCUT2D eigenvalue weighted by Crippen LogP contribution is 2.30. The van der Waals surface area contributed by atoms with Crippen molar-refractivity contribution in [3.63, 3.8) is 0 Å². The van der Waals surface area contributed by atoms with Gasteiger partial charge in [0.15, 0.2) is 0 Å². The molecule has 4 aromatic rings. The molecular formula is C28H24F3N7O4. The van der Waals surface area contributed by atoms with Crippen LogP contribution in [-0.2, 0) is 6.18 Å². The van der Waals surface area contributed by atoms with Crippen LogP contribution in [0.5, 0.6) is 0 Å².